The van der Waals surface area contributed by atoms with Crippen molar-refractivity contribution in [1.29, 1.82) is 5.41 Å². The Kier molecular flexibility index (Phi) is 6.43. The Balaban J connectivity index is 1.50. The van der Waals surface area contributed by atoms with Gasteiger partial charge in [-0.25, -0.2) is 0 Å². The van der Waals surface area contributed by atoms with Crippen molar-refractivity contribution >= 4 is 61.4 Å². The molecule has 2 heterocycles. The molecular formula is C22H26BrN5OS. The van der Waals surface area contributed by atoms with E-state index in [1.54, 1.807) is 6.08 Å². The highest BCUT2D eigenvalue weighted by molar-refractivity contribution is 9.10. The predicted octanol–water partition coefficient (Wildman–Crippen LogP) is 5.49. The molecule has 8 heteroatoms. The highest BCUT2D eigenvalue weighted by Gasteiger charge is 2.35. The molecular weight excluding hydrogens is 462 g/mol. The Bertz CT molecular complexity index is 962. The summed E-state index contributed by atoms with van der Waals surface area (Å²) in [6.07, 6.45) is 10.4. The number of fused-ring (bicyclic) bond motifs is 1. The zero-order chi connectivity index (χ0) is 21.3. The molecule has 1 amide bonds. The molecule has 1 aromatic rings. The molecule has 30 heavy (non-hydrogen) atoms. The third-order valence-electron chi connectivity index (χ3n) is 5.75. The molecule has 1 aromatic carbocycles. The average Bonchev–Trinajstić information content (AvgIpc) is 3.13. The minimum Gasteiger partial charge on any atom is -0.377 e. The normalized spacial score (nSPS) is 21.0. The van der Waals surface area contributed by atoms with Gasteiger partial charge in [0, 0.05) is 18.6 Å². The summed E-state index contributed by atoms with van der Waals surface area (Å²) in [6.45, 7) is 0. The Morgan fingerprint density at radius 3 is 2.77 bits per heavy atom. The lowest BCUT2D eigenvalue weighted by atomic mass is 9.86. The number of hydrogen-bond donors (Lipinski definition) is 1. The van der Waals surface area contributed by atoms with Crippen molar-refractivity contribution in [2.24, 2.45) is 16.0 Å². The van der Waals surface area contributed by atoms with Crippen molar-refractivity contribution in [2.45, 2.75) is 44.9 Å². The second-order valence-corrected chi connectivity index (χ2v) is 10.1. The van der Waals surface area contributed by atoms with E-state index >= 15 is 0 Å². The predicted molar refractivity (Wildman–Crippen MR) is 129 cm³/mol. The number of hydrazone groups is 1. The Morgan fingerprint density at radius 2 is 2.07 bits per heavy atom. The molecule has 3 aliphatic rings. The molecule has 0 unspecified atom stereocenters. The van der Waals surface area contributed by atoms with Crippen LogP contribution in [0, 0.1) is 11.3 Å². The van der Waals surface area contributed by atoms with Crippen LogP contribution in [0.3, 0.4) is 0 Å². The number of nitrogens with one attached hydrogen (secondary N) is 1. The SMILES string of the molecule is CN(C)c1ccc(C=C2C(=N)N3N=C(CCC4CCCCC4)SC3=NC2=O)cc1Br. The summed E-state index contributed by atoms with van der Waals surface area (Å²) in [6, 6.07) is 5.86. The van der Waals surface area contributed by atoms with Crippen LogP contribution in [-0.2, 0) is 4.79 Å². The quantitative estimate of drug-likeness (QED) is 0.556. The van der Waals surface area contributed by atoms with Gasteiger partial charge in [0.2, 0.25) is 5.17 Å². The fourth-order valence-corrected chi connectivity index (χ4v) is 5.73. The standard InChI is InChI=1S/C22H26BrN5OS/c1-27(2)18-10-8-15(13-17(18)23)12-16-20(24)28-22(25-21(16)29)30-19(26-28)11-9-14-6-4-3-5-7-14/h8,10,12-14,24H,3-7,9,11H2,1-2H3. The van der Waals surface area contributed by atoms with Crippen LogP contribution in [-0.4, -0.2) is 41.1 Å². The average molecular weight is 488 g/mol. The lowest BCUT2D eigenvalue weighted by Gasteiger charge is -2.20. The first-order valence-corrected chi connectivity index (χ1v) is 12.0. The summed E-state index contributed by atoms with van der Waals surface area (Å²) >= 11 is 5.00. The zero-order valence-corrected chi connectivity index (χ0v) is 19.7. The highest BCUT2D eigenvalue weighted by atomic mass is 79.9. The highest BCUT2D eigenvalue weighted by Crippen LogP contribution is 2.33. The van der Waals surface area contributed by atoms with Gasteiger partial charge < -0.3 is 4.90 Å². The van der Waals surface area contributed by atoms with E-state index in [-0.39, 0.29) is 17.3 Å². The monoisotopic (exact) mass is 487 g/mol. The van der Waals surface area contributed by atoms with E-state index in [1.165, 1.54) is 48.9 Å². The van der Waals surface area contributed by atoms with Crippen LogP contribution in [0.1, 0.15) is 50.5 Å². The fourth-order valence-electron chi connectivity index (χ4n) is 4.08. The molecule has 6 nitrogen and oxygen atoms in total. The van der Waals surface area contributed by atoms with Crippen LogP contribution in [0.4, 0.5) is 5.69 Å². The van der Waals surface area contributed by atoms with E-state index < -0.39 is 0 Å². The van der Waals surface area contributed by atoms with E-state index in [4.69, 9.17) is 5.41 Å². The van der Waals surface area contributed by atoms with Crippen LogP contribution in [0.2, 0.25) is 0 Å². The van der Waals surface area contributed by atoms with Gasteiger partial charge in [-0.3, -0.25) is 10.2 Å². The van der Waals surface area contributed by atoms with E-state index in [1.807, 2.05) is 37.2 Å². The van der Waals surface area contributed by atoms with Gasteiger partial charge in [-0.05, 0) is 70.2 Å². The number of benzene rings is 1. The van der Waals surface area contributed by atoms with Gasteiger partial charge in [-0.15, -0.1) is 0 Å². The summed E-state index contributed by atoms with van der Waals surface area (Å²) < 4.78 is 0.931. The van der Waals surface area contributed by atoms with Gasteiger partial charge in [0.25, 0.3) is 5.91 Å². The number of carbonyl (C=O) groups is 1. The summed E-state index contributed by atoms with van der Waals surface area (Å²) in [4.78, 5) is 18.8. The number of thioether (sulfide) groups is 1. The molecule has 0 bridgehead atoms. The smallest absolute Gasteiger partial charge is 0.283 e. The maximum Gasteiger partial charge on any atom is 0.283 e. The summed E-state index contributed by atoms with van der Waals surface area (Å²) in [5, 5.41) is 16.1. The van der Waals surface area contributed by atoms with Crippen molar-refractivity contribution in [1.82, 2.24) is 5.01 Å². The number of amidine groups is 2. The first kappa shape index (κ1) is 21.3. The first-order valence-electron chi connectivity index (χ1n) is 10.4. The number of halogens is 1. The lowest BCUT2D eigenvalue weighted by Crippen LogP contribution is -2.35. The van der Waals surface area contributed by atoms with E-state index in [0.717, 1.165) is 39.5 Å². The maximum atomic E-state index is 12.6. The second-order valence-electron chi connectivity index (χ2n) is 8.16. The summed E-state index contributed by atoms with van der Waals surface area (Å²) in [5.41, 5.74) is 2.15. The summed E-state index contributed by atoms with van der Waals surface area (Å²) in [7, 11) is 3.95. The molecule has 1 saturated carbocycles. The van der Waals surface area contributed by atoms with Gasteiger partial charge in [0.15, 0.2) is 5.84 Å². The second kappa shape index (κ2) is 9.06. The maximum absolute atomic E-state index is 12.6. The fraction of sp³-hybridized carbons (Fsp3) is 0.455. The van der Waals surface area contributed by atoms with Crippen LogP contribution >= 0.6 is 27.7 Å². The third-order valence-corrected chi connectivity index (χ3v) is 7.36. The number of nitrogens with zero attached hydrogens (tertiary/aromatic N) is 4. The third kappa shape index (κ3) is 4.54. The molecule has 1 fully saturated rings. The van der Waals surface area contributed by atoms with Crippen LogP contribution in [0.15, 0.2) is 38.3 Å². The summed E-state index contributed by atoms with van der Waals surface area (Å²) in [5.74, 6) is 0.495. The van der Waals surface area contributed by atoms with Crippen molar-refractivity contribution in [2.75, 3.05) is 19.0 Å². The number of rotatable bonds is 5. The molecule has 0 aromatic heterocycles. The van der Waals surface area contributed by atoms with Gasteiger partial charge in [-0.2, -0.15) is 15.1 Å². The molecule has 2 aliphatic heterocycles. The van der Waals surface area contributed by atoms with Gasteiger partial charge in [-0.1, -0.05) is 38.2 Å². The van der Waals surface area contributed by atoms with Crippen molar-refractivity contribution in [3.8, 4) is 0 Å². The number of anilines is 1. The van der Waals surface area contributed by atoms with E-state index in [0.29, 0.717) is 5.17 Å². The lowest BCUT2D eigenvalue weighted by molar-refractivity contribution is -0.114. The minimum atomic E-state index is -0.379. The molecule has 158 valence electrons. The zero-order valence-electron chi connectivity index (χ0n) is 17.3. The molecule has 0 atom stereocenters. The van der Waals surface area contributed by atoms with Crippen molar-refractivity contribution in [3.05, 3.63) is 33.8 Å². The Hall–Kier alpha value is -1.93. The Labute approximate surface area is 190 Å². The molecule has 0 saturated heterocycles. The molecule has 4 rings (SSSR count). The van der Waals surface area contributed by atoms with Gasteiger partial charge >= 0.3 is 0 Å². The first-order chi connectivity index (χ1) is 14.4. The van der Waals surface area contributed by atoms with Crippen molar-refractivity contribution in [3.63, 3.8) is 0 Å². The molecule has 0 spiro atoms. The molecule has 1 N–H and O–H groups in total. The minimum absolute atomic E-state index is 0.0953. The topological polar surface area (TPSA) is 72.1 Å². The van der Waals surface area contributed by atoms with Crippen LogP contribution in [0.25, 0.3) is 6.08 Å². The number of amides is 1. The van der Waals surface area contributed by atoms with Crippen molar-refractivity contribution < 1.29 is 4.79 Å². The molecule has 1 aliphatic carbocycles. The number of hydrogen-bond acceptors (Lipinski definition) is 5. The number of carbonyl (C=O) groups excluding carboxylic acids is 1. The van der Waals surface area contributed by atoms with E-state index in [9.17, 15) is 4.79 Å². The molecule has 0 radical (unpaired) electrons. The number of aliphatic imine (C=N–C) groups is 1. The van der Waals surface area contributed by atoms with Gasteiger partial charge in [0.05, 0.1) is 11.3 Å². The van der Waals surface area contributed by atoms with Crippen LogP contribution < -0.4 is 4.90 Å². The van der Waals surface area contributed by atoms with Gasteiger partial charge in [0.1, 0.15) is 5.04 Å². The largest absolute Gasteiger partial charge is 0.377 e. The van der Waals surface area contributed by atoms with Crippen LogP contribution in [0.5, 0.6) is 0 Å². The Morgan fingerprint density at radius 1 is 1.30 bits per heavy atom. The van der Waals surface area contributed by atoms with E-state index in [2.05, 4.69) is 26.0 Å².